The van der Waals surface area contributed by atoms with E-state index in [4.69, 9.17) is 0 Å². The monoisotopic (exact) mass is 306 g/mol. The Bertz CT molecular complexity index is 773. The lowest BCUT2D eigenvalue weighted by molar-refractivity contribution is 0.714. The summed E-state index contributed by atoms with van der Waals surface area (Å²) in [6, 6.07) is 5.78. The molecule has 0 radical (unpaired) electrons. The van der Waals surface area contributed by atoms with E-state index in [1.165, 1.54) is 0 Å². The van der Waals surface area contributed by atoms with E-state index in [0.717, 1.165) is 21.5 Å². The molecule has 20 heavy (non-hydrogen) atoms. The second-order valence-electron chi connectivity index (χ2n) is 4.84. The molecule has 0 aromatic carbocycles. The molecule has 3 heterocycles. The molecule has 0 bridgehead atoms. The highest BCUT2D eigenvalue weighted by Crippen LogP contribution is 2.25. The maximum Gasteiger partial charge on any atom is 0.290 e. The molecule has 0 aliphatic carbocycles. The molecule has 5 nitrogen and oxygen atoms in total. The minimum Gasteiger partial charge on any atom is -0.266 e. The van der Waals surface area contributed by atoms with Crippen LogP contribution in [-0.4, -0.2) is 25.6 Å². The Morgan fingerprint density at radius 2 is 2.35 bits per heavy atom. The van der Waals surface area contributed by atoms with Crippen LogP contribution in [0.1, 0.15) is 13.8 Å². The summed E-state index contributed by atoms with van der Waals surface area (Å²) >= 11 is 3.21. The van der Waals surface area contributed by atoms with Crippen molar-refractivity contribution in [2.75, 3.05) is 5.75 Å². The Kier molecular flexibility index (Phi) is 3.62. The first-order valence-corrected chi connectivity index (χ1v) is 8.17. The fourth-order valence-electron chi connectivity index (χ4n) is 1.77. The quantitative estimate of drug-likeness (QED) is 0.753. The van der Waals surface area contributed by atoms with Crippen LogP contribution in [0.4, 0.5) is 0 Å². The molecule has 7 heteroatoms. The van der Waals surface area contributed by atoms with Crippen LogP contribution < -0.4 is 5.56 Å². The second-order valence-corrected chi connectivity index (χ2v) is 6.78. The summed E-state index contributed by atoms with van der Waals surface area (Å²) in [7, 11) is 0. The average Bonchev–Trinajstić information content (AvgIpc) is 3.06. The van der Waals surface area contributed by atoms with E-state index in [-0.39, 0.29) is 5.56 Å². The van der Waals surface area contributed by atoms with Crippen molar-refractivity contribution in [2.24, 2.45) is 5.92 Å². The number of thiophene rings is 1. The minimum atomic E-state index is -0.214. The van der Waals surface area contributed by atoms with Crippen LogP contribution in [0.25, 0.3) is 16.1 Å². The van der Waals surface area contributed by atoms with Gasteiger partial charge in [-0.15, -0.1) is 16.4 Å². The third kappa shape index (κ3) is 2.51. The van der Waals surface area contributed by atoms with E-state index in [9.17, 15) is 4.79 Å². The van der Waals surface area contributed by atoms with Gasteiger partial charge >= 0.3 is 0 Å². The zero-order chi connectivity index (χ0) is 14.1. The van der Waals surface area contributed by atoms with Crippen molar-refractivity contribution < 1.29 is 0 Å². The molecule has 1 N–H and O–H groups in total. The number of rotatable bonds is 4. The molecule has 0 spiro atoms. The van der Waals surface area contributed by atoms with Crippen LogP contribution in [0.3, 0.4) is 0 Å². The third-order valence-corrected chi connectivity index (χ3v) is 4.94. The SMILES string of the molecule is CC(C)CSc1n[nH]c(=O)c2cc(-c3cccs3)nn12. The largest absolute Gasteiger partial charge is 0.290 e. The predicted molar refractivity (Wildman–Crippen MR) is 82.5 cm³/mol. The Balaban J connectivity index is 2.09. The summed E-state index contributed by atoms with van der Waals surface area (Å²) in [6.07, 6.45) is 0. The van der Waals surface area contributed by atoms with Gasteiger partial charge in [-0.1, -0.05) is 31.7 Å². The van der Waals surface area contributed by atoms with E-state index in [0.29, 0.717) is 11.4 Å². The van der Waals surface area contributed by atoms with E-state index >= 15 is 0 Å². The molecule has 3 rings (SSSR count). The molecule has 0 fully saturated rings. The first-order chi connectivity index (χ1) is 9.65. The van der Waals surface area contributed by atoms with Crippen molar-refractivity contribution in [2.45, 2.75) is 19.0 Å². The Morgan fingerprint density at radius 3 is 3.05 bits per heavy atom. The number of H-pyrrole nitrogens is 1. The van der Waals surface area contributed by atoms with Crippen LogP contribution >= 0.6 is 23.1 Å². The summed E-state index contributed by atoms with van der Waals surface area (Å²) in [5, 5.41) is 13.9. The molecular formula is C13H14N4OS2. The van der Waals surface area contributed by atoms with Crippen LogP contribution in [0.2, 0.25) is 0 Å². The fourth-order valence-corrected chi connectivity index (χ4v) is 3.31. The molecule has 104 valence electrons. The van der Waals surface area contributed by atoms with E-state index in [1.54, 1.807) is 27.6 Å². The van der Waals surface area contributed by atoms with Crippen LogP contribution in [0.5, 0.6) is 0 Å². The number of thioether (sulfide) groups is 1. The van der Waals surface area contributed by atoms with Gasteiger partial charge in [-0.3, -0.25) is 4.79 Å². The lowest BCUT2D eigenvalue weighted by Crippen LogP contribution is -2.14. The summed E-state index contributed by atoms with van der Waals surface area (Å²) in [4.78, 5) is 12.9. The van der Waals surface area contributed by atoms with Crippen molar-refractivity contribution in [3.63, 3.8) is 0 Å². The van der Waals surface area contributed by atoms with E-state index < -0.39 is 0 Å². The van der Waals surface area contributed by atoms with Gasteiger partial charge in [0.2, 0.25) is 5.16 Å². The number of hydrogen-bond donors (Lipinski definition) is 1. The molecule has 0 unspecified atom stereocenters. The summed E-state index contributed by atoms with van der Waals surface area (Å²) in [5.74, 6) is 1.48. The Labute approximate surface area is 124 Å². The molecule has 3 aromatic heterocycles. The summed E-state index contributed by atoms with van der Waals surface area (Å²) < 4.78 is 1.64. The molecule has 0 aliphatic heterocycles. The van der Waals surface area contributed by atoms with Gasteiger partial charge in [0, 0.05) is 5.75 Å². The predicted octanol–water partition coefficient (Wildman–Crippen LogP) is 2.89. The zero-order valence-electron chi connectivity index (χ0n) is 11.2. The van der Waals surface area contributed by atoms with Crippen LogP contribution in [-0.2, 0) is 0 Å². The molecule has 0 saturated heterocycles. The van der Waals surface area contributed by atoms with Gasteiger partial charge in [0.15, 0.2) is 0 Å². The summed E-state index contributed by atoms with van der Waals surface area (Å²) in [5.41, 5.74) is 1.13. The lowest BCUT2D eigenvalue weighted by Gasteiger charge is -2.04. The number of hydrogen-bond acceptors (Lipinski definition) is 5. The first kappa shape index (κ1) is 13.4. The van der Waals surface area contributed by atoms with Crippen LogP contribution in [0.15, 0.2) is 33.5 Å². The average molecular weight is 306 g/mol. The van der Waals surface area contributed by atoms with Crippen molar-refractivity contribution in [1.82, 2.24) is 19.8 Å². The van der Waals surface area contributed by atoms with Crippen molar-refractivity contribution in [1.29, 1.82) is 0 Å². The van der Waals surface area contributed by atoms with Gasteiger partial charge in [0.05, 0.1) is 4.88 Å². The highest BCUT2D eigenvalue weighted by Gasteiger charge is 2.13. The molecule has 3 aromatic rings. The molecule has 0 amide bonds. The number of aromatic amines is 1. The number of nitrogens with one attached hydrogen (secondary N) is 1. The Morgan fingerprint density at radius 1 is 1.50 bits per heavy atom. The van der Waals surface area contributed by atoms with Gasteiger partial charge in [-0.2, -0.15) is 5.10 Å². The molecular weight excluding hydrogens is 292 g/mol. The topological polar surface area (TPSA) is 63.0 Å². The molecule has 0 saturated carbocycles. The number of nitrogens with zero attached hydrogens (tertiary/aromatic N) is 3. The highest BCUT2D eigenvalue weighted by atomic mass is 32.2. The third-order valence-electron chi connectivity index (χ3n) is 2.70. The second kappa shape index (κ2) is 5.41. The van der Waals surface area contributed by atoms with Gasteiger partial charge < -0.3 is 0 Å². The maximum absolute atomic E-state index is 11.9. The standard InChI is InChI=1S/C13H14N4OS2/c1-8(2)7-20-13-15-14-12(18)10-6-9(16-17(10)13)11-4-3-5-19-11/h3-6,8H,7H2,1-2H3,(H,14,18). The van der Waals surface area contributed by atoms with E-state index in [2.05, 4.69) is 29.1 Å². The van der Waals surface area contributed by atoms with Gasteiger partial charge in [0.1, 0.15) is 11.2 Å². The first-order valence-electron chi connectivity index (χ1n) is 6.30. The summed E-state index contributed by atoms with van der Waals surface area (Å²) in [6.45, 7) is 4.30. The van der Waals surface area contributed by atoms with Gasteiger partial charge in [-0.05, 0) is 23.4 Å². The zero-order valence-corrected chi connectivity index (χ0v) is 12.8. The Hall–Kier alpha value is -1.60. The number of aromatic nitrogens is 4. The van der Waals surface area contributed by atoms with Crippen LogP contribution in [0, 0.1) is 5.92 Å². The van der Waals surface area contributed by atoms with Crippen molar-refractivity contribution >= 4 is 28.6 Å². The molecule has 0 aliphatic rings. The number of fused-ring (bicyclic) bond motifs is 1. The molecule has 0 atom stereocenters. The van der Waals surface area contributed by atoms with Crippen molar-refractivity contribution in [3.8, 4) is 10.6 Å². The maximum atomic E-state index is 11.9. The van der Waals surface area contributed by atoms with Gasteiger partial charge in [0.25, 0.3) is 5.56 Å². The normalized spacial score (nSPS) is 11.6. The minimum absolute atomic E-state index is 0.214. The fraction of sp³-hybridized carbons (Fsp3) is 0.308. The van der Waals surface area contributed by atoms with Gasteiger partial charge in [-0.25, -0.2) is 9.61 Å². The lowest BCUT2D eigenvalue weighted by atomic mass is 10.3. The van der Waals surface area contributed by atoms with Crippen molar-refractivity contribution in [3.05, 3.63) is 33.9 Å². The smallest absolute Gasteiger partial charge is 0.266 e. The highest BCUT2D eigenvalue weighted by molar-refractivity contribution is 7.99. The van der Waals surface area contributed by atoms with E-state index in [1.807, 2.05) is 23.6 Å².